The fourth-order valence-electron chi connectivity index (χ4n) is 2.70. The molecule has 1 atom stereocenters. The minimum atomic E-state index is -0.0508. The van der Waals surface area contributed by atoms with Crippen molar-refractivity contribution in [3.8, 4) is 0 Å². The van der Waals surface area contributed by atoms with E-state index in [1.54, 1.807) is 17.1 Å². The van der Waals surface area contributed by atoms with Crippen LogP contribution in [0.4, 0.5) is 0 Å². The highest BCUT2D eigenvalue weighted by molar-refractivity contribution is 5.93. The standard InChI is InChI=1S/C15H26N4O2/c1-12(2)8-14(19-4-6-21-7-5-19)10-16-15(20)13-9-17-18(3)11-13/h9,11-12,14H,4-8,10H2,1-3H3,(H,16,20). The number of hydrogen-bond donors (Lipinski definition) is 1. The number of hydrogen-bond acceptors (Lipinski definition) is 4. The van der Waals surface area contributed by atoms with Gasteiger partial charge in [-0.1, -0.05) is 13.8 Å². The molecule has 1 amide bonds. The molecule has 21 heavy (non-hydrogen) atoms. The van der Waals surface area contributed by atoms with Gasteiger partial charge in [0.25, 0.3) is 5.91 Å². The average molecular weight is 294 g/mol. The molecule has 0 bridgehead atoms. The van der Waals surface area contributed by atoms with E-state index in [1.165, 1.54) is 0 Å². The van der Waals surface area contributed by atoms with Crippen molar-refractivity contribution in [1.29, 1.82) is 0 Å². The van der Waals surface area contributed by atoms with E-state index in [1.807, 2.05) is 7.05 Å². The third-order valence-corrected chi connectivity index (χ3v) is 3.77. The van der Waals surface area contributed by atoms with Gasteiger partial charge >= 0.3 is 0 Å². The van der Waals surface area contributed by atoms with Gasteiger partial charge < -0.3 is 10.1 Å². The van der Waals surface area contributed by atoms with Gasteiger partial charge in [0, 0.05) is 38.9 Å². The van der Waals surface area contributed by atoms with Crippen LogP contribution < -0.4 is 5.32 Å². The molecule has 0 radical (unpaired) electrons. The van der Waals surface area contributed by atoms with Gasteiger partial charge in [-0.05, 0) is 12.3 Å². The van der Waals surface area contributed by atoms with Crippen molar-refractivity contribution in [2.75, 3.05) is 32.8 Å². The molecule has 0 aliphatic carbocycles. The maximum absolute atomic E-state index is 12.1. The predicted molar refractivity (Wildman–Crippen MR) is 81.2 cm³/mol. The Morgan fingerprint density at radius 1 is 1.43 bits per heavy atom. The van der Waals surface area contributed by atoms with Gasteiger partial charge in [0.05, 0.1) is 25.0 Å². The van der Waals surface area contributed by atoms with E-state index in [-0.39, 0.29) is 5.91 Å². The molecule has 1 N–H and O–H groups in total. The van der Waals surface area contributed by atoms with E-state index in [4.69, 9.17) is 4.74 Å². The smallest absolute Gasteiger partial charge is 0.254 e. The van der Waals surface area contributed by atoms with Gasteiger partial charge in [-0.25, -0.2) is 0 Å². The number of nitrogens with one attached hydrogen (secondary N) is 1. The second-order valence-corrected chi connectivity index (χ2v) is 6.04. The molecule has 2 rings (SSSR count). The van der Waals surface area contributed by atoms with E-state index in [2.05, 4.69) is 29.2 Å². The number of aryl methyl sites for hydroxylation is 1. The summed E-state index contributed by atoms with van der Waals surface area (Å²) in [4.78, 5) is 14.5. The number of carbonyl (C=O) groups excluding carboxylic acids is 1. The lowest BCUT2D eigenvalue weighted by Gasteiger charge is -2.35. The Labute approximate surface area is 126 Å². The Morgan fingerprint density at radius 2 is 2.14 bits per heavy atom. The monoisotopic (exact) mass is 294 g/mol. The molecule has 1 aliphatic rings. The van der Waals surface area contributed by atoms with Crippen LogP contribution in [-0.4, -0.2) is 59.5 Å². The fourth-order valence-corrected chi connectivity index (χ4v) is 2.70. The van der Waals surface area contributed by atoms with Gasteiger partial charge in [0.2, 0.25) is 0 Å². The second kappa shape index (κ2) is 7.56. The minimum Gasteiger partial charge on any atom is -0.379 e. The molecule has 1 aromatic heterocycles. The summed E-state index contributed by atoms with van der Waals surface area (Å²) in [6.07, 6.45) is 4.41. The molecule has 1 aliphatic heterocycles. The lowest BCUT2D eigenvalue weighted by atomic mass is 10.0. The molecule has 6 heteroatoms. The Balaban J connectivity index is 1.90. The molecule has 118 valence electrons. The third-order valence-electron chi connectivity index (χ3n) is 3.77. The highest BCUT2D eigenvalue weighted by Gasteiger charge is 2.22. The first kappa shape index (κ1) is 16.0. The number of carbonyl (C=O) groups is 1. The first-order chi connectivity index (χ1) is 10.1. The van der Waals surface area contributed by atoms with Crippen molar-refractivity contribution in [1.82, 2.24) is 20.0 Å². The zero-order chi connectivity index (χ0) is 15.2. The topological polar surface area (TPSA) is 59.4 Å². The van der Waals surface area contributed by atoms with Crippen LogP contribution in [0, 0.1) is 5.92 Å². The number of morpholine rings is 1. The van der Waals surface area contributed by atoms with Crippen molar-refractivity contribution < 1.29 is 9.53 Å². The SMILES string of the molecule is CC(C)CC(CNC(=O)c1cnn(C)c1)N1CCOCC1. The zero-order valence-corrected chi connectivity index (χ0v) is 13.2. The van der Waals surface area contributed by atoms with Crippen LogP contribution in [0.5, 0.6) is 0 Å². The van der Waals surface area contributed by atoms with Gasteiger partial charge in [0.15, 0.2) is 0 Å². The van der Waals surface area contributed by atoms with E-state index < -0.39 is 0 Å². The summed E-state index contributed by atoms with van der Waals surface area (Å²) < 4.78 is 7.05. The van der Waals surface area contributed by atoms with Crippen LogP contribution >= 0.6 is 0 Å². The van der Waals surface area contributed by atoms with Gasteiger partial charge in [-0.15, -0.1) is 0 Å². The molecular weight excluding hydrogens is 268 g/mol. The molecule has 1 fully saturated rings. The normalized spacial score (nSPS) is 17.9. The molecule has 0 spiro atoms. The van der Waals surface area contributed by atoms with E-state index in [0.717, 1.165) is 32.7 Å². The number of rotatable bonds is 6. The van der Waals surface area contributed by atoms with Gasteiger partial charge in [-0.3, -0.25) is 14.4 Å². The summed E-state index contributed by atoms with van der Waals surface area (Å²) in [5.74, 6) is 0.554. The lowest BCUT2D eigenvalue weighted by Crippen LogP contribution is -2.49. The van der Waals surface area contributed by atoms with Gasteiger partial charge in [0.1, 0.15) is 0 Å². The summed E-state index contributed by atoms with van der Waals surface area (Å²) in [5.41, 5.74) is 0.614. The van der Waals surface area contributed by atoms with Crippen LogP contribution in [-0.2, 0) is 11.8 Å². The highest BCUT2D eigenvalue weighted by atomic mass is 16.5. The van der Waals surface area contributed by atoms with Crippen LogP contribution in [0.15, 0.2) is 12.4 Å². The van der Waals surface area contributed by atoms with Crippen molar-refractivity contribution in [2.24, 2.45) is 13.0 Å². The summed E-state index contributed by atoms with van der Waals surface area (Å²) in [5, 5.41) is 7.07. The van der Waals surface area contributed by atoms with E-state index in [9.17, 15) is 4.79 Å². The quantitative estimate of drug-likeness (QED) is 0.847. The van der Waals surface area contributed by atoms with Crippen LogP contribution in [0.1, 0.15) is 30.6 Å². The molecule has 0 aromatic carbocycles. The number of aromatic nitrogens is 2. The second-order valence-electron chi connectivity index (χ2n) is 6.04. The van der Waals surface area contributed by atoms with Crippen molar-refractivity contribution in [3.05, 3.63) is 18.0 Å². The minimum absolute atomic E-state index is 0.0508. The predicted octanol–water partition coefficient (Wildman–Crippen LogP) is 0.897. The largest absolute Gasteiger partial charge is 0.379 e. The molecular formula is C15H26N4O2. The van der Waals surface area contributed by atoms with Crippen molar-refractivity contribution in [3.63, 3.8) is 0 Å². The van der Waals surface area contributed by atoms with Crippen molar-refractivity contribution in [2.45, 2.75) is 26.3 Å². The maximum atomic E-state index is 12.1. The Bertz CT molecular complexity index is 452. The molecule has 1 aromatic rings. The molecule has 1 saturated heterocycles. The number of nitrogens with zero attached hydrogens (tertiary/aromatic N) is 3. The summed E-state index contributed by atoms with van der Waals surface area (Å²) in [6, 6.07) is 0.370. The Morgan fingerprint density at radius 3 is 2.71 bits per heavy atom. The molecule has 0 saturated carbocycles. The summed E-state index contributed by atoms with van der Waals surface area (Å²) >= 11 is 0. The Hall–Kier alpha value is -1.40. The van der Waals surface area contributed by atoms with Gasteiger partial charge in [-0.2, -0.15) is 5.10 Å². The zero-order valence-electron chi connectivity index (χ0n) is 13.2. The van der Waals surface area contributed by atoms with E-state index in [0.29, 0.717) is 24.1 Å². The Kier molecular flexibility index (Phi) is 5.76. The lowest BCUT2D eigenvalue weighted by molar-refractivity contribution is 0.0124. The highest BCUT2D eigenvalue weighted by Crippen LogP contribution is 2.13. The fraction of sp³-hybridized carbons (Fsp3) is 0.733. The maximum Gasteiger partial charge on any atom is 0.254 e. The van der Waals surface area contributed by atoms with Crippen LogP contribution in [0.25, 0.3) is 0 Å². The first-order valence-electron chi connectivity index (χ1n) is 7.65. The van der Waals surface area contributed by atoms with E-state index >= 15 is 0 Å². The summed E-state index contributed by atoms with van der Waals surface area (Å²) in [6.45, 7) is 8.56. The molecule has 6 nitrogen and oxygen atoms in total. The summed E-state index contributed by atoms with van der Waals surface area (Å²) in [7, 11) is 1.81. The average Bonchev–Trinajstić information content (AvgIpc) is 2.90. The molecule has 2 heterocycles. The first-order valence-corrected chi connectivity index (χ1v) is 7.65. The number of ether oxygens (including phenoxy) is 1. The molecule has 1 unspecified atom stereocenters. The third kappa shape index (κ3) is 4.82. The van der Waals surface area contributed by atoms with Crippen LogP contribution in [0.3, 0.4) is 0 Å². The van der Waals surface area contributed by atoms with Crippen LogP contribution in [0.2, 0.25) is 0 Å². The number of amides is 1. The van der Waals surface area contributed by atoms with Crippen molar-refractivity contribution >= 4 is 5.91 Å².